The maximum atomic E-state index is 10.7. The molecule has 1 rings (SSSR count). The molecule has 0 aliphatic heterocycles. The van der Waals surface area contributed by atoms with Crippen molar-refractivity contribution in [3.8, 4) is 0 Å². The Morgan fingerprint density at radius 2 is 1.92 bits per heavy atom. The van der Waals surface area contributed by atoms with Gasteiger partial charge in [-0.3, -0.25) is 0 Å². The van der Waals surface area contributed by atoms with E-state index < -0.39 is 9.05 Å². The molecule has 0 spiro atoms. The highest BCUT2D eigenvalue weighted by Crippen LogP contribution is 2.23. The molecule has 1 heterocycles. The minimum Gasteiger partial charge on any atom is -0.242 e. The minimum atomic E-state index is -3.78. The molecule has 0 aliphatic carbocycles. The summed E-state index contributed by atoms with van der Waals surface area (Å²) in [7, 11) is 1.24. The normalized spacial score (nSPS) is 11.6. The van der Waals surface area contributed by atoms with E-state index in [0.29, 0.717) is 0 Å². The quantitative estimate of drug-likeness (QED) is 0.564. The van der Waals surface area contributed by atoms with Crippen molar-refractivity contribution in [3.05, 3.63) is 22.4 Å². The molecule has 1 aromatic rings. The molecule has 0 aromatic carbocycles. The Kier molecular flexibility index (Phi) is 2.83. The molecule has 3 nitrogen and oxygen atoms in total. The average Bonchev–Trinajstić information content (AvgIpc) is 1.92. The van der Waals surface area contributed by atoms with E-state index in [4.69, 9.17) is 33.9 Å². The summed E-state index contributed by atoms with van der Waals surface area (Å²) < 4.78 is 21.4. The smallest absolute Gasteiger partial charge is 0.242 e. The van der Waals surface area contributed by atoms with Crippen LogP contribution in [0.2, 0.25) is 10.2 Å². The van der Waals surface area contributed by atoms with Gasteiger partial charge in [-0.25, -0.2) is 13.4 Å². The summed E-state index contributed by atoms with van der Waals surface area (Å²) in [4.78, 5) is 3.35. The van der Waals surface area contributed by atoms with Gasteiger partial charge in [0.05, 0.1) is 5.02 Å². The molecule has 0 saturated carbocycles. The Morgan fingerprint density at radius 1 is 1.33 bits per heavy atom. The third-order valence-corrected chi connectivity index (χ3v) is 3.06. The average molecular weight is 247 g/mol. The third-order valence-electron chi connectivity index (χ3n) is 1.05. The highest BCUT2D eigenvalue weighted by molar-refractivity contribution is 8.13. The first-order chi connectivity index (χ1) is 5.41. The molecular formula is C5H2Cl3NO2S. The van der Waals surface area contributed by atoms with Crippen LogP contribution in [0.3, 0.4) is 0 Å². The van der Waals surface area contributed by atoms with Crippen molar-refractivity contribution >= 4 is 42.9 Å². The molecule has 0 radical (unpaired) electrons. The van der Waals surface area contributed by atoms with Gasteiger partial charge in [0.15, 0.2) is 0 Å². The summed E-state index contributed by atoms with van der Waals surface area (Å²) in [5.41, 5.74) is 0. The van der Waals surface area contributed by atoms with Crippen LogP contribution in [-0.4, -0.2) is 13.4 Å². The van der Waals surface area contributed by atoms with Gasteiger partial charge in [-0.05, 0) is 6.07 Å². The highest BCUT2D eigenvalue weighted by atomic mass is 35.7. The second-order valence-corrected chi connectivity index (χ2v) is 5.21. The Bertz CT molecular complexity index is 403. The first-order valence-corrected chi connectivity index (χ1v) is 5.73. The van der Waals surface area contributed by atoms with Gasteiger partial charge in [0.2, 0.25) is 0 Å². The fourth-order valence-corrected chi connectivity index (χ4v) is 1.56. The molecular weight excluding hydrogens is 244 g/mol. The number of nitrogens with zero attached hydrogens (tertiary/aromatic N) is 1. The minimum absolute atomic E-state index is 0.0423. The number of aromatic nitrogens is 1. The van der Waals surface area contributed by atoms with E-state index in [1.807, 2.05) is 0 Å². The van der Waals surface area contributed by atoms with Crippen molar-refractivity contribution in [2.45, 2.75) is 4.90 Å². The highest BCUT2D eigenvalue weighted by Gasteiger charge is 2.12. The van der Waals surface area contributed by atoms with Crippen LogP contribution in [0, 0.1) is 0 Å². The Labute approximate surface area is 83.7 Å². The number of hydrogen-bond donors (Lipinski definition) is 0. The van der Waals surface area contributed by atoms with Gasteiger partial charge in [-0.1, -0.05) is 23.2 Å². The molecule has 0 aliphatic rings. The molecule has 12 heavy (non-hydrogen) atoms. The molecule has 0 unspecified atom stereocenters. The Balaban J connectivity index is 3.33. The molecule has 0 fully saturated rings. The summed E-state index contributed by atoms with van der Waals surface area (Å²) in [6.07, 6.45) is 1.04. The van der Waals surface area contributed by atoms with Gasteiger partial charge in [-0.2, -0.15) is 0 Å². The molecule has 0 bridgehead atoms. The van der Waals surface area contributed by atoms with E-state index >= 15 is 0 Å². The van der Waals surface area contributed by atoms with Gasteiger partial charge >= 0.3 is 0 Å². The Morgan fingerprint density at radius 3 is 2.33 bits per heavy atom. The van der Waals surface area contributed by atoms with Gasteiger partial charge in [0.25, 0.3) is 9.05 Å². The summed E-state index contributed by atoms with van der Waals surface area (Å²) in [5.74, 6) is 0. The van der Waals surface area contributed by atoms with Crippen LogP contribution in [0.4, 0.5) is 0 Å². The topological polar surface area (TPSA) is 47.0 Å². The maximum absolute atomic E-state index is 10.7. The molecule has 1 aromatic heterocycles. The summed E-state index contributed by atoms with van der Waals surface area (Å²) in [5, 5.41) is 0.0964. The standard InChI is InChI=1S/C5H2Cl3NO2S/c6-4-1-3(12(8,10)11)2-9-5(4)7/h1-2H. The third kappa shape index (κ3) is 2.23. The van der Waals surface area contributed by atoms with Crippen molar-refractivity contribution in [3.63, 3.8) is 0 Å². The number of rotatable bonds is 1. The predicted octanol–water partition coefficient (Wildman–Crippen LogP) is 2.32. The van der Waals surface area contributed by atoms with Crippen LogP contribution in [0.5, 0.6) is 0 Å². The maximum Gasteiger partial charge on any atom is 0.262 e. The van der Waals surface area contributed by atoms with E-state index in [0.717, 1.165) is 12.3 Å². The number of hydrogen-bond acceptors (Lipinski definition) is 3. The van der Waals surface area contributed by atoms with E-state index in [9.17, 15) is 8.42 Å². The van der Waals surface area contributed by atoms with Crippen LogP contribution in [0.25, 0.3) is 0 Å². The first-order valence-electron chi connectivity index (χ1n) is 2.67. The lowest BCUT2D eigenvalue weighted by Gasteiger charge is -1.96. The zero-order valence-corrected chi connectivity index (χ0v) is 8.54. The molecule has 0 atom stereocenters. The molecule has 0 amide bonds. The van der Waals surface area contributed by atoms with E-state index in [2.05, 4.69) is 4.98 Å². The summed E-state index contributed by atoms with van der Waals surface area (Å²) in [6, 6.07) is 1.14. The van der Waals surface area contributed by atoms with Crippen molar-refractivity contribution in [1.29, 1.82) is 0 Å². The summed E-state index contributed by atoms with van der Waals surface area (Å²) >= 11 is 11.0. The fourth-order valence-electron chi connectivity index (χ4n) is 0.537. The van der Waals surface area contributed by atoms with Crippen molar-refractivity contribution in [2.75, 3.05) is 0 Å². The molecule has 0 N–H and O–H groups in total. The van der Waals surface area contributed by atoms with Crippen LogP contribution in [0.1, 0.15) is 0 Å². The summed E-state index contributed by atoms with van der Waals surface area (Å²) in [6.45, 7) is 0. The lowest BCUT2D eigenvalue weighted by molar-refractivity contribution is 0.609. The largest absolute Gasteiger partial charge is 0.262 e. The lowest BCUT2D eigenvalue weighted by Crippen LogP contribution is -1.91. The van der Waals surface area contributed by atoms with Gasteiger partial charge in [-0.15, -0.1) is 0 Å². The molecule has 7 heteroatoms. The van der Waals surface area contributed by atoms with Gasteiger partial charge < -0.3 is 0 Å². The molecule has 0 saturated heterocycles. The zero-order valence-electron chi connectivity index (χ0n) is 5.46. The van der Waals surface area contributed by atoms with Crippen molar-refractivity contribution < 1.29 is 8.42 Å². The fraction of sp³-hybridized carbons (Fsp3) is 0. The SMILES string of the molecule is O=S(=O)(Cl)c1cnc(Cl)c(Cl)c1. The van der Waals surface area contributed by atoms with Gasteiger partial charge in [0, 0.05) is 16.9 Å². The molecule has 66 valence electrons. The van der Waals surface area contributed by atoms with E-state index in [1.165, 1.54) is 0 Å². The lowest BCUT2D eigenvalue weighted by atomic mass is 10.5. The Hall–Kier alpha value is -0.0300. The van der Waals surface area contributed by atoms with E-state index in [1.54, 1.807) is 0 Å². The zero-order chi connectivity index (χ0) is 9.35. The number of halogens is 3. The second kappa shape index (κ2) is 3.38. The van der Waals surface area contributed by atoms with Crippen LogP contribution >= 0.6 is 33.9 Å². The predicted molar refractivity (Wildman–Crippen MR) is 47.3 cm³/mol. The van der Waals surface area contributed by atoms with Gasteiger partial charge in [0.1, 0.15) is 10.0 Å². The van der Waals surface area contributed by atoms with Crippen LogP contribution in [0.15, 0.2) is 17.2 Å². The number of pyridine rings is 1. The van der Waals surface area contributed by atoms with Crippen LogP contribution in [-0.2, 0) is 9.05 Å². The van der Waals surface area contributed by atoms with E-state index in [-0.39, 0.29) is 15.1 Å². The van der Waals surface area contributed by atoms with Crippen LogP contribution < -0.4 is 0 Å². The first kappa shape index (κ1) is 10.1. The van der Waals surface area contributed by atoms with Crippen molar-refractivity contribution in [1.82, 2.24) is 4.98 Å². The van der Waals surface area contributed by atoms with Crippen molar-refractivity contribution in [2.24, 2.45) is 0 Å². The second-order valence-electron chi connectivity index (χ2n) is 1.88. The monoisotopic (exact) mass is 245 g/mol.